The summed E-state index contributed by atoms with van der Waals surface area (Å²) in [5.74, 6) is 1.57. The Labute approximate surface area is 165 Å². The molecule has 0 spiro atoms. The van der Waals surface area contributed by atoms with Crippen molar-refractivity contribution in [3.63, 3.8) is 0 Å². The molecule has 0 amide bonds. The number of nitrogens with one attached hydrogen (secondary N) is 1. The molecule has 0 saturated heterocycles. The molecule has 4 aromatic rings. The number of nitrogens with zero attached hydrogens (tertiary/aromatic N) is 2. The molecule has 8 nitrogen and oxygen atoms in total. The van der Waals surface area contributed by atoms with Crippen LogP contribution in [0, 0.1) is 0 Å². The summed E-state index contributed by atoms with van der Waals surface area (Å²) in [7, 11) is 1.31. The number of H-pyrrole nitrogens is 1. The number of aromatic nitrogens is 2. The van der Waals surface area contributed by atoms with Gasteiger partial charge in [0.1, 0.15) is 17.3 Å². The zero-order valence-electron chi connectivity index (χ0n) is 15.8. The van der Waals surface area contributed by atoms with Gasteiger partial charge in [-0.25, -0.2) is 9.78 Å². The molecule has 1 aromatic carbocycles. The molecule has 0 unspecified atom stereocenters. The number of rotatable bonds is 7. The first-order valence-corrected chi connectivity index (χ1v) is 9.01. The summed E-state index contributed by atoms with van der Waals surface area (Å²) in [6.07, 6.45) is 3.23. The molecular weight excluding hydrogens is 374 g/mol. The molecule has 8 heteroatoms. The van der Waals surface area contributed by atoms with Gasteiger partial charge in [0.05, 0.1) is 55.7 Å². The highest BCUT2D eigenvalue weighted by atomic mass is 16.5. The number of esters is 1. The SMILES string of the molecule is COC(=O)c1ccc2c(=O)[nH]c(CN(Cc3ccco3)Cc3ccco3)nc2c1. The molecule has 3 aromatic heterocycles. The average Bonchev–Trinajstić information content (AvgIpc) is 3.41. The Kier molecular flexibility index (Phi) is 5.26. The number of ether oxygens (including phenoxy) is 1. The summed E-state index contributed by atoms with van der Waals surface area (Å²) in [5.41, 5.74) is 0.507. The van der Waals surface area contributed by atoms with Crippen LogP contribution in [-0.4, -0.2) is 27.9 Å². The quantitative estimate of drug-likeness (QED) is 0.481. The third kappa shape index (κ3) is 4.27. The van der Waals surface area contributed by atoms with Gasteiger partial charge >= 0.3 is 5.97 Å². The summed E-state index contributed by atoms with van der Waals surface area (Å²) in [6.45, 7) is 1.38. The smallest absolute Gasteiger partial charge is 0.337 e. The van der Waals surface area contributed by atoms with E-state index in [1.807, 2.05) is 29.2 Å². The molecular formula is C21H19N3O5. The lowest BCUT2D eigenvalue weighted by Gasteiger charge is -2.19. The third-order valence-electron chi connectivity index (χ3n) is 4.47. The Morgan fingerprint density at radius 3 is 2.34 bits per heavy atom. The van der Waals surface area contributed by atoms with E-state index in [2.05, 4.69) is 9.97 Å². The maximum atomic E-state index is 12.5. The fourth-order valence-electron chi connectivity index (χ4n) is 3.13. The van der Waals surface area contributed by atoms with E-state index in [1.165, 1.54) is 7.11 Å². The predicted octanol–water partition coefficient (Wildman–Crippen LogP) is 3.10. The summed E-state index contributed by atoms with van der Waals surface area (Å²) in [4.78, 5) is 33.7. The Balaban J connectivity index is 1.65. The normalized spacial score (nSPS) is 11.2. The molecule has 29 heavy (non-hydrogen) atoms. The summed E-state index contributed by atoms with van der Waals surface area (Å²) < 4.78 is 15.7. The maximum Gasteiger partial charge on any atom is 0.337 e. The van der Waals surface area contributed by atoms with Gasteiger partial charge in [0.25, 0.3) is 5.56 Å². The van der Waals surface area contributed by atoms with Gasteiger partial charge in [-0.1, -0.05) is 0 Å². The average molecular weight is 393 g/mol. The largest absolute Gasteiger partial charge is 0.468 e. The lowest BCUT2D eigenvalue weighted by atomic mass is 10.1. The van der Waals surface area contributed by atoms with Crippen LogP contribution in [0.5, 0.6) is 0 Å². The lowest BCUT2D eigenvalue weighted by molar-refractivity contribution is 0.0601. The van der Waals surface area contributed by atoms with E-state index < -0.39 is 5.97 Å². The third-order valence-corrected chi connectivity index (χ3v) is 4.47. The molecule has 0 radical (unpaired) electrons. The zero-order chi connectivity index (χ0) is 20.2. The van der Waals surface area contributed by atoms with Crippen molar-refractivity contribution in [1.82, 2.24) is 14.9 Å². The molecule has 0 fully saturated rings. The van der Waals surface area contributed by atoms with E-state index in [0.717, 1.165) is 11.5 Å². The molecule has 148 valence electrons. The number of hydrogen-bond donors (Lipinski definition) is 1. The first-order valence-electron chi connectivity index (χ1n) is 9.01. The summed E-state index contributed by atoms with van der Waals surface area (Å²) in [5, 5.41) is 0.407. The van der Waals surface area contributed by atoms with Crippen LogP contribution in [0.3, 0.4) is 0 Å². The van der Waals surface area contributed by atoms with Gasteiger partial charge in [0.2, 0.25) is 0 Å². The van der Waals surface area contributed by atoms with Crippen molar-refractivity contribution in [2.75, 3.05) is 7.11 Å². The number of aromatic amines is 1. The second kappa shape index (κ2) is 8.15. The van der Waals surface area contributed by atoms with Gasteiger partial charge in [-0.15, -0.1) is 0 Å². The van der Waals surface area contributed by atoms with Crippen molar-refractivity contribution in [3.05, 3.63) is 88.3 Å². The molecule has 0 aliphatic rings. The standard InChI is InChI=1S/C21H19N3O5/c1-27-21(26)14-6-7-17-18(10-14)22-19(23-20(17)25)13-24(11-15-4-2-8-28-15)12-16-5-3-9-29-16/h2-10H,11-13H2,1H3,(H,22,23,25). The highest BCUT2D eigenvalue weighted by molar-refractivity contribution is 5.93. The predicted molar refractivity (Wildman–Crippen MR) is 104 cm³/mol. The number of carbonyl (C=O) groups excluding carboxylic acids is 1. The van der Waals surface area contributed by atoms with E-state index in [4.69, 9.17) is 13.6 Å². The van der Waals surface area contributed by atoms with Gasteiger partial charge in [0, 0.05) is 0 Å². The fourth-order valence-corrected chi connectivity index (χ4v) is 3.13. The van der Waals surface area contributed by atoms with Crippen molar-refractivity contribution in [3.8, 4) is 0 Å². The minimum atomic E-state index is -0.479. The van der Waals surface area contributed by atoms with Gasteiger partial charge in [0.15, 0.2) is 0 Å². The number of carbonyl (C=O) groups is 1. The number of fused-ring (bicyclic) bond motifs is 1. The summed E-state index contributed by atoms with van der Waals surface area (Å²) >= 11 is 0. The van der Waals surface area contributed by atoms with Crippen molar-refractivity contribution in [2.24, 2.45) is 0 Å². The van der Waals surface area contributed by atoms with Gasteiger partial charge in [-0.2, -0.15) is 0 Å². The van der Waals surface area contributed by atoms with Crippen LogP contribution in [-0.2, 0) is 24.4 Å². The molecule has 0 aliphatic carbocycles. The number of benzene rings is 1. The van der Waals surface area contributed by atoms with Crippen LogP contribution < -0.4 is 5.56 Å². The second-order valence-corrected chi connectivity index (χ2v) is 6.54. The van der Waals surface area contributed by atoms with Crippen molar-refractivity contribution in [1.29, 1.82) is 0 Å². The van der Waals surface area contributed by atoms with E-state index >= 15 is 0 Å². The van der Waals surface area contributed by atoms with Gasteiger partial charge < -0.3 is 18.6 Å². The topological polar surface area (TPSA) is 102 Å². The minimum Gasteiger partial charge on any atom is -0.468 e. The minimum absolute atomic E-state index is 0.266. The monoisotopic (exact) mass is 393 g/mol. The van der Waals surface area contributed by atoms with Crippen LogP contribution in [0.2, 0.25) is 0 Å². The van der Waals surface area contributed by atoms with Crippen LogP contribution in [0.15, 0.2) is 68.6 Å². The maximum absolute atomic E-state index is 12.5. The summed E-state index contributed by atoms with van der Waals surface area (Å²) in [6, 6.07) is 12.1. The van der Waals surface area contributed by atoms with Crippen molar-refractivity contribution in [2.45, 2.75) is 19.6 Å². The first kappa shape index (κ1) is 18.7. The fraction of sp³-hybridized carbons (Fsp3) is 0.190. The zero-order valence-corrected chi connectivity index (χ0v) is 15.8. The molecule has 0 aliphatic heterocycles. The number of furan rings is 2. The molecule has 0 saturated carbocycles. The number of methoxy groups -OCH3 is 1. The molecule has 0 bridgehead atoms. The van der Waals surface area contributed by atoms with Gasteiger partial charge in [-0.3, -0.25) is 9.69 Å². The Bertz CT molecular complexity index is 1130. The van der Waals surface area contributed by atoms with Crippen LogP contribution in [0.25, 0.3) is 10.9 Å². The van der Waals surface area contributed by atoms with E-state index in [9.17, 15) is 9.59 Å². The molecule has 3 heterocycles. The number of hydrogen-bond acceptors (Lipinski definition) is 7. The van der Waals surface area contributed by atoms with Crippen LogP contribution in [0.1, 0.15) is 27.7 Å². The van der Waals surface area contributed by atoms with Gasteiger partial charge in [-0.05, 0) is 42.5 Å². The Morgan fingerprint density at radius 1 is 1.07 bits per heavy atom. The van der Waals surface area contributed by atoms with Crippen molar-refractivity contribution >= 4 is 16.9 Å². The van der Waals surface area contributed by atoms with Crippen LogP contribution >= 0.6 is 0 Å². The lowest BCUT2D eigenvalue weighted by Crippen LogP contribution is -2.25. The van der Waals surface area contributed by atoms with E-state index in [0.29, 0.717) is 41.9 Å². The van der Waals surface area contributed by atoms with E-state index in [-0.39, 0.29) is 5.56 Å². The van der Waals surface area contributed by atoms with E-state index in [1.54, 1.807) is 30.7 Å². The molecule has 0 atom stereocenters. The highest BCUT2D eigenvalue weighted by Crippen LogP contribution is 2.15. The van der Waals surface area contributed by atoms with Crippen molar-refractivity contribution < 1.29 is 18.4 Å². The Hall–Kier alpha value is -3.65. The van der Waals surface area contributed by atoms with Crippen LogP contribution in [0.4, 0.5) is 0 Å². The highest BCUT2D eigenvalue weighted by Gasteiger charge is 2.15. The second-order valence-electron chi connectivity index (χ2n) is 6.54. The Morgan fingerprint density at radius 2 is 1.76 bits per heavy atom. The molecule has 4 rings (SSSR count). The first-order chi connectivity index (χ1) is 14.1. The molecule has 1 N–H and O–H groups in total.